The van der Waals surface area contributed by atoms with Crippen LogP contribution >= 0.6 is 0 Å². The maximum atomic E-state index is 11.7. The predicted octanol–water partition coefficient (Wildman–Crippen LogP) is 3.50. The van der Waals surface area contributed by atoms with Crippen LogP contribution in [0.15, 0.2) is 30.3 Å². The summed E-state index contributed by atoms with van der Waals surface area (Å²) in [6, 6.07) is 11.3. The van der Waals surface area contributed by atoms with Crippen molar-refractivity contribution in [2.45, 2.75) is 78.4 Å². The van der Waals surface area contributed by atoms with Crippen molar-refractivity contribution in [3.05, 3.63) is 30.3 Å². The maximum Gasteiger partial charge on any atom is 0.237 e. The molecule has 2 amide bonds. The number of para-hydroxylation sites is 1. The van der Waals surface area contributed by atoms with E-state index in [0.29, 0.717) is 31.4 Å². The molecule has 1 aliphatic carbocycles. The van der Waals surface area contributed by atoms with Gasteiger partial charge in [0, 0.05) is 12.2 Å². The average molecular weight is 564 g/mol. The molecule has 1 aromatic carbocycles. The van der Waals surface area contributed by atoms with Crippen LogP contribution < -0.4 is 11.1 Å². The fourth-order valence-corrected chi connectivity index (χ4v) is 3.35. The molecule has 0 aromatic heterocycles. The maximum absolute atomic E-state index is 11.7. The zero-order valence-corrected chi connectivity index (χ0v) is 25.6. The van der Waals surface area contributed by atoms with Gasteiger partial charge in [0.1, 0.15) is 18.6 Å². The number of aldehydes is 2. The normalized spacial score (nSPS) is 16.9. The molecule has 1 heterocycles. The van der Waals surface area contributed by atoms with Gasteiger partial charge in [-0.3, -0.25) is 9.59 Å². The second-order valence-electron chi connectivity index (χ2n) is 10.1. The van der Waals surface area contributed by atoms with E-state index in [1.165, 1.54) is 19.9 Å². The minimum absolute atomic E-state index is 0.0278. The fourth-order valence-electron chi connectivity index (χ4n) is 3.35. The number of aliphatic hydroxyl groups is 1. The number of nitriles is 1. The molecule has 0 bridgehead atoms. The smallest absolute Gasteiger partial charge is 0.237 e. The van der Waals surface area contributed by atoms with E-state index in [2.05, 4.69) is 44.8 Å². The monoisotopic (exact) mass is 563 g/mol. The minimum atomic E-state index is -0.211. The van der Waals surface area contributed by atoms with Crippen molar-refractivity contribution >= 4 is 30.6 Å². The van der Waals surface area contributed by atoms with Crippen molar-refractivity contribution in [2.75, 3.05) is 39.5 Å². The number of hydrogen-bond donors (Lipinski definition) is 3. The molecule has 4 N–H and O–H groups in total. The molecular formula is C30H53N5O5. The molecule has 228 valence electrons. The number of carbonyl (C=O) groups excluding carboxylic acids is 4. The van der Waals surface area contributed by atoms with Crippen LogP contribution in [0.25, 0.3) is 0 Å². The van der Waals surface area contributed by atoms with Crippen LogP contribution in [0.2, 0.25) is 0 Å². The quantitative estimate of drug-likeness (QED) is 0.351. The number of hydrogen-bond acceptors (Lipinski definition) is 8. The molecule has 1 saturated carbocycles. The Balaban J connectivity index is -0.000000455. The average Bonchev–Trinajstić information content (AvgIpc) is 3.55. The Morgan fingerprint density at radius 1 is 1.12 bits per heavy atom. The highest BCUT2D eigenvalue weighted by atomic mass is 16.3. The summed E-state index contributed by atoms with van der Waals surface area (Å²) in [5, 5.41) is 20.1. The van der Waals surface area contributed by atoms with E-state index in [-0.39, 0.29) is 24.5 Å². The number of anilines is 1. The zero-order chi connectivity index (χ0) is 31.3. The second kappa shape index (κ2) is 28.9. The van der Waals surface area contributed by atoms with Gasteiger partial charge in [0.05, 0.1) is 25.1 Å². The Kier molecular flexibility index (Phi) is 29.8. The van der Waals surface area contributed by atoms with E-state index in [9.17, 15) is 19.2 Å². The summed E-state index contributed by atoms with van der Waals surface area (Å²) in [6.45, 7) is 9.70. The van der Waals surface area contributed by atoms with Crippen LogP contribution in [-0.4, -0.2) is 86.2 Å². The number of likely N-dealkylation sites (tertiary alicyclic amines) is 1. The van der Waals surface area contributed by atoms with Crippen LogP contribution in [0.3, 0.4) is 0 Å². The van der Waals surface area contributed by atoms with Crippen molar-refractivity contribution in [3.63, 3.8) is 0 Å². The lowest BCUT2D eigenvalue weighted by Gasteiger charge is -2.21. The van der Waals surface area contributed by atoms with E-state index >= 15 is 0 Å². The third kappa shape index (κ3) is 26.5. The Labute approximate surface area is 241 Å². The van der Waals surface area contributed by atoms with Gasteiger partial charge < -0.3 is 35.5 Å². The van der Waals surface area contributed by atoms with Crippen molar-refractivity contribution in [1.82, 2.24) is 9.80 Å². The molecule has 2 atom stereocenters. The highest BCUT2D eigenvalue weighted by molar-refractivity contribution is 5.79. The highest BCUT2D eigenvalue weighted by Crippen LogP contribution is 2.22. The molecule has 10 nitrogen and oxygen atoms in total. The molecule has 1 saturated heterocycles. The molecule has 10 heteroatoms. The van der Waals surface area contributed by atoms with Crippen LogP contribution in [0.5, 0.6) is 0 Å². The van der Waals surface area contributed by atoms with Gasteiger partial charge in [0.2, 0.25) is 12.3 Å². The minimum Gasteiger partial charge on any atom is -0.393 e. The Morgan fingerprint density at radius 3 is 1.95 bits per heavy atom. The summed E-state index contributed by atoms with van der Waals surface area (Å²) in [6.07, 6.45) is 7.23. The standard InChI is InChI=1S/C10H17N3O.C7H7NO.C5H10O.C4H10.C3H4O2.CH5N/c1-8-4-9(5-11)13(6-8)10(14)7-12(2)3;9-6-8-7-4-2-1-3-5-7;6-5-3-1-2-4-5;1-4(2)3;4-2-1-3-5;1-2/h8-9H,4,6-7H2,1-3H3;1-6H,(H,8,9);5-6H,1-4H2;4H,1-3H3;2-3H,1H2;2H2,1H3. The lowest BCUT2D eigenvalue weighted by atomic mass is 10.1. The van der Waals surface area contributed by atoms with Gasteiger partial charge in [0.15, 0.2) is 0 Å². The SMILES string of the molecule is CC(C)C.CC1CC(C#N)N(C(=O)CN(C)C)C1.CN.O=CCC=O.O=CNc1ccccc1.OC1CCCC1. The molecule has 0 spiro atoms. The Morgan fingerprint density at radius 2 is 1.62 bits per heavy atom. The van der Waals surface area contributed by atoms with E-state index in [1.807, 2.05) is 49.3 Å². The summed E-state index contributed by atoms with van der Waals surface area (Å²) in [5.74, 6) is 1.34. The first-order valence-corrected chi connectivity index (χ1v) is 13.7. The van der Waals surface area contributed by atoms with E-state index in [0.717, 1.165) is 37.4 Å². The van der Waals surface area contributed by atoms with E-state index < -0.39 is 0 Å². The third-order valence-corrected chi connectivity index (χ3v) is 4.95. The number of carbonyl (C=O) groups is 4. The molecule has 2 aliphatic rings. The third-order valence-electron chi connectivity index (χ3n) is 4.95. The van der Waals surface area contributed by atoms with Crippen molar-refractivity contribution < 1.29 is 24.3 Å². The van der Waals surface area contributed by atoms with Crippen LogP contribution in [-0.2, 0) is 19.2 Å². The molecule has 2 fully saturated rings. The summed E-state index contributed by atoms with van der Waals surface area (Å²) in [4.78, 5) is 43.4. The number of aliphatic hydroxyl groups excluding tert-OH is 1. The van der Waals surface area contributed by atoms with Crippen molar-refractivity contribution in [2.24, 2.45) is 17.6 Å². The zero-order valence-electron chi connectivity index (χ0n) is 25.6. The molecule has 1 aromatic rings. The number of nitrogens with one attached hydrogen (secondary N) is 1. The van der Waals surface area contributed by atoms with Crippen molar-refractivity contribution in [1.29, 1.82) is 5.26 Å². The van der Waals surface area contributed by atoms with Gasteiger partial charge in [-0.25, -0.2) is 0 Å². The highest BCUT2D eigenvalue weighted by Gasteiger charge is 2.32. The molecule has 3 rings (SSSR count). The first kappa shape index (κ1) is 41.4. The lowest BCUT2D eigenvalue weighted by molar-refractivity contribution is -0.132. The second-order valence-corrected chi connectivity index (χ2v) is 10.1. The first-order chi connectivity index (χ1) is 19.0. The number of rotatable bonds is 6. The number of nitrogens with zero attached hydrogens (tertiary/aromatic N) is 3. The topological polar surface area (TPSA) is 157 Å². The Bertz CT molecular complexity index is 785. The van der Waals surface area contributed by atoms with Gasteiger partial charge >= 0.3 is 0 Å². The largest absolute Gasteiger partial charge is 0.393 e. The van der Waals surface area contributed by atoms with Crippen LogP contribution in [0.1, 0.15) is 66.2 Å². The number of amides is 2. The van der Waals surface area contributed by atoms with E-state index in [1.54, 1.807) is 4.90 Å². The van der Waals surface area contributed by atoms with Crippen LogP contribution in [0, 0.1) is 23.2 Å². The van der Waals surface area contributed by atoms with Gasteiger partial charge in [-0.05, 0) is 64.4 Å². The van der Waals surface area contributed by atoms with Crippen molar-refractivity contribution in [3.8, 4) is 6.07 Å². The summed E-state index contributed by atoms with van der Waals surface area (Å²) < 4.78 is 0. The fraction of sp³-hybridized carbons (Fsp3) is 0.633. The summed E-state index contributed by atoms with van der Waals surface area (Å²) in [5.41, 5.74) is 5.33. The molecular weight excluding hydrogens is 510 g/mol. The predicted molar refractivity (Wildman–Crippen MR) is 161 cm³/mol. The molecule has 0 radical (unpaired) electrons. The first-order valence-electron chi connectivity index (χ1n) is 13.7. The van der Waals surface area contributed by atoms with Gasteiger partial charge in [-0.2, -0.15) is 5.26 Å². The van der Waals surface area contributed by atoms with E-state index in [4.69, 9.17) is 10.4 Å². The van der Waals surface area contributed by atoms with Gasteiger partial charge in [0.25, 0.3) is 0 Å². The molecule has 2 unspecified atom stereocenters. The number of nitrogens with two attached hydrogens (primary N) is 1. The van der Waals surface area contributed by atoms with Gasteiger partial charge in [-0.15, -0.1) is 0 Å². The molecule has 40 heavy (non-hydrogen) atoms. The Hall–Kier alpha value is -3.13. The number of likely N-dealkylation sites (N-methyl/N-ethyl adjacent to an activating group) is 1. The number of benzene rings is 1. The lowest BCUT2D eigenvalue weighted by Crippen LogP contribution is -2.40. The summed E-state index contributed by atoms with van der Waals surface area (Å²) >= 11 is 0. The summed E-state index contributed by atoms with van der Waals surface area (Å²) in [7, 11) is 5.22. The van der Waals surface area contributed by atoms with Gasteiger partial charge in [-0.1, -0.05) is 58.7 Å². The molecule has 1 aliphatic heterocycles. The van der Waals surface area contributed by atoms with Crippen LogP contribution in [0.4, 0.5) is 5.69 Å².